The molecule has 0 unspecified atom stereocenters. The van der Waals surface area contributed by atoms with Gasteiger partial charge in [0.25, 0.3) is 5.91 Å². The van der Waals surface area contributed by atoms with Gasteiger partial charge >= 0.3 is 0 Å². The van der Waals surface area contributed by atoms with Gasteiger partial charge in [-0.3, -0.25) is 9.78 Å². The van der Waals surface area contributed by atoms with E-state index < -0.39 is 0 Å². The largest absolute Gasteiger partial charge is 0.399 e. The summed E-state index contributed by atoms with van der Waals surface area (Å²) in [4.78, 5) is 18.7. The van der Waals surface area contributed by atoms with E-state index in [1.807, 2.05) is 35.2 Å². The van der Waals surface area contributed by atoms with Crippen LogP contribution in [0.25, 0.3) is 0 Å². The van der Waals surface area contributed by atoms with Gasteiger partial charge in [0.2, 0.25) is 0 Å². The van der Waals surface area contributed by atoms with E-state index in [1.165, 1.54) is 0 Å². The average molecular weight is 267 g/mol. The number of amides is 1. The van der Waals surface area contributed by atoms with Crippen LogP contribution in [0.1, 0.15) is 28.0 Å². The number of hydrogen-bond acceptors (Lipinski definition) is 3. The van der Waals surface area contributed by atoms with Crippen LogP contribution in [0, 0.1) is 0 Å². The maximum atomic E-state index is 12.6. The molecule has 0 aliphatic carbocycles. The lowest BCUT2D eigenvalue weighted by molar-refractivity contribution is 0.0747. The Labute approximate surface area is 118 Å². The third-order valence-corrected chi connectivity index (χ3v) is 3.60. The summed E-state index contributed by atoms with van der Waals surface area (Å²) in [6, 6.07) is 11.4. The van der Waals surface area contributed by atoms with Gasteiger partial charge in [0, 0.05) is 24.0 Å². The number of hydrogen-bond donors (Lipinski definition) is 1. The molecule has 4 nitrogen and oxygen atoms in total. The Morgan fingerprint density at radius 3 is 2.95 bits per heavy atom. The molecule has 1 aliphatic heterocycles. The summed E-state index contributed by atoms with van der Waals surface area (Å²) in [6.45, 7) is 1.27. The Bertz CT molecular complexity index is 639. The first kappa shape index (κ1) is 12.7. The van der Waals surface area contributed by atoms with Crippen LogP contribution in [0.3, 0.4) is 0 Å². The van der Waals surface area contributed by atoms with Crippen molar-refractivity contribution < 1.29 is 4.79 Å². The molecule has 0 saturated carbocycles. The highest BCUT2D eigenvalue weighted by Crippen LogP contribution is 2.20. The molecule has 2 aromatic rings. The Hall–Kier alpha value is -2.36. The van der Waals surface area contributed by atoms with E-state index in [9.17, 15) is 4.79 Å². The molecular formula is C16H17N3O. The number of carbonyl (C=O) groups excluding carboxylic acids is 1. The number of rotatable bonds is 2. The van der Waals surface area contributed by atoms with Crippen LogP contribution in [0.15, 0.2) is 42.6 Å². The van der Waals surface area contributed by atoms with Crippen LogP contribution in [0.5, 0.6) is 0 Å². The van der Waals surface area contributed by atoms with Gasteiger partial charge in [0.1, 0.15) is 0 Å². The van der Waals surface area contributed by atoms with Crippen molar-refractivity contribution in [3.8, 4) is 0 Å². The first-order valence-corrected chi connectivity index (χ1v) is 6.81. The summed E-state index contributed by atoms with van der Waals surface area (Å²) in [5.41, 5.74) is 9.23. The number of aryl methyl sites for hydroxylation is 1. The monoisotopic (exact) mass is 267 g/mol. The lowest BCUT2D eigenvalue weighted by Gasteiger charge is -2.20. The molecule has 20 heavy (non-hydrogen) atoms. The molecule has 3 rings (SSSR count). The fourth-order valence-electron chi connectivity index (χ4n) is 2.61. The van der Waals surface area contributed by atoms with E-state index in [0.29, 0.717) is 12.2 Å². The number of benzene rings is 1. The van der Waals surface area contributed by atoms with Crippen LogP contribution >= 0.6 is 0 Å². The van der Waals surface area contributed by atoms with Crippen LogP contribution < -0.4 is 5.73 Å². The highest BCUT2D eigenvalue weighted by atomic mass is 16.2. The van der Waals surface area contributed by atoms with E-state index in [-0.39, 0.29) is 5.91 Å². The first-order valence-electron chi connectivity index (χ1n) is 6.81. The molecule has 1 aromatic carbocycles. The lowest BCUT2D eigenvalue weighted by Crippen LogP contribution is -2.30. The van der Waals surface area contributed by atoms with Gasteiger partial charge in [-0.1, -0.05) is 18.2 Å². The Morgan fingerprint density at radius 2 is 2.10 bits per heavy atom. The summed E-state index contributed by atoms with van der Waals surface area (Å²) in [5, 5.41) is 0. The minimum Gasteiger partial charge on any atom is -0.399 e. The minimum absolute atomic E-state index is 0.0855. The average Bonchev–Trinajstić information content (AvgIpc) is 2.60. The van der Waals surface area contributed by atoms with E-state index in [1.54, 1.807) is 12.3 Å². The zero-order valence-electron chi connectivity index (χ0n) is 11.2. The third-order valence-electron chi connectivity index (χ3n) is 3.60. The van der Waals surface area contributed by atoms with Gasteiger partial charge in [0.05, 0.1) is 12.2 Å². The topological polar surface area (TPSA) is 59.2 Å². The normalized spacial score (nSPS) is 14.8. The van der Waals surface area contributed by atoms with Gasteiger partial charge in [-0.25, -0.2) is 0 Å². The molecule has 4 heteroatoms. The van der Waals surface area contributed by atoms with Crippen LogP contribution in [-0.2, 0) is 13.0 Å². The predicted molar refractivity (Wildman–Crippen MR) is 78.2 cm³/mol. The second-order valence-electron chi connectivity index (χ2n) is 5.07. The highest BCUT2D eigenvalue weighted by Gasteiger charge is 2.22. The van der Waals surface area contributed by atoms with Crippen molar-refractivity contribution in [2.75, 3.05) is 12.3 Å². The summed E-state index contributed by atoms with van der Waals surface area (Å²) in [6.07, 6.45) is 3.61. The molecule has 0 atom stereocenters. The SMILES string of the molecule is Nc1ccnc(CN2CCCc3ccccc3C2=O)c1. The van der Waals surface area contributed by atoms with Crippen molar-refractivity contribution in [3.05, 3.63) is 59.4 Å². The summed E-state index contributed by atoms with van der Waals surface area (Å²) in [5.74, 6) is 0.0855. The van der Waals surface area contributed by atoms with Gasteiger partial charge in [-0.15, -0.1) is 0 Å². The Balaban J connectivity index is 1.86. The van der Waals surface area contributed by atoms with Gasteiger partial charge < -0.3 is 10.6 Å². The van der Waals surface area contributed by atoms with Crippen molar-refractivity contribution in [3.63, 3.8) is 0 Å². The molecule has 0 bridgehead atoms. The molecule has 0 saturated heterocycles. The van der Waals surface area contributed by atoms with Crippen LogP contribution in [0.4, 0.5) is 5.69 Å². The fourth-order valence-corrected chi connectivity index (χ4v) is 2.61. The number of fused-ring (bicyclic) bond motifs is 1. The minimum atomic E-state index is 0.0855. The van der Waals surface area contributed by atoms with Gasteiger partial charge in [-0.2, -0.15) is 0 Å². The molecule has 0 fully saturated rings. The molecule has 0 radical (unpaired) electrons. The summed E-state index contributed by atoms with van der Waals surface area (Å²) < 4.78 is 0. The van der Waals surface area contributed by atoms with Crippen molar-refractivity contribution >= 4 is 11.6 Å². The van der Waals surface area contributed by atoms with E-state index in [2.05, 4.69) is 4.98 Å². The Kier molecular flexibility index (Phi) is 3.37. The van der Waals surface area contributed by atoms with Crippen LogP contribution in [0.2, 0.25) is 0 Å². The molecule has 1 aromatic heterocycles. The zero-order valence-corrected chi connectivity index (χ0v) is 11.2. The number of carbonyl (C=O) groups is 1. The second kappa shape index (κ2) is 5.33. The number of aromatic nitrogens is 1. The predicted octanol–water partition coefficient (Wildman–Crippen LogP) is 2.25. The number of nitrogens with two attached hydrogens (primary N) is 1. The summed E-state index contributed by atoms with van der Waals surface area (Å²) in [7, 11) is 0. The second-order valence-corrected chi connectivity index (χ2v) is 5.07. The smallest absolute Gasteiger partial charge is 0.254 e. The number of pyridine rings is 1. The Morgan fingerprint density at radius 1 is 1.25 bits per heavy atom. The highest BCUT2D eigenvalue weighted by molar-refractivity contribution is 5.96. The lowest BCUT2D eigenvalue weighted by atomic mass is 10.0. The van der Waals surface area contributed by atoms with E-state index >= 15 is 0 Å². The van der Waals surface area contributed by atoms with Crippen molar-refractivity contribution in [1.29, 1.82) is 0 Å². The quantitative estimate of drug-likeness (QED) is 0.908. The van der Waals surface area contributed by atoms with Gasteiger partial charge in [-0.05, 0) is 36.6 Å². The molecule has 2 N–H and O–H groups in total. The molecule has 0 spiro atoms. The maximum absolute atomic E-state index is 12.6. The summed E-state index contributed by atoms with van der Waals surface area (Å²) >= 11 is 0. The molecule has 1 amide bonds. The fraction of sp³-hybridized carbons (Fsp3) is 0.250. The van der Waals surface area contributed by atoms with Crippen molar-refractivity contribution in [2.45, 2.75) is 19.4 Å². The van der Waals surface area contributed by atoms with Crippen molar-refractivity contribution in [1.82, 2.24) is 9.88 Å². The standard InChI is InChI=1S/C16H17N3O/c17-13-7-8-18-14(10-13)11-19-9-3-5-12-4-1-2-6-15(12)16(19)20/h1-2,4,6-8,10H,3,5,9,11H2,(H2,17,18). The molecule has 102 valence electrons. The number of nitrogen functional groups attached to an aromatic ring is 1. The molecule has 1 aliphatic rings. The third kappa shape index (κ3) is 2.50. The van der Waals surface area contributed by atoms with Crippen LogP contribution in [-0.4, -0.2) is 22.3 Å². The zero-order chi connectivity index (χ0) is 13.9. The van der Waals surface area contributed by atoms with E-state index in [4.69, 9.17) is 5.73 Å². The number of anilines is 1. The number of nitrogens with zero attached hydrogens (tertiary/aromatic N) is 2. The first-order chi connectivity index (χ1) is 9.74. The maximum Gasteiger partial charge on any atom is 0.254 e. The van der Waals surface area contributed by atoms with Gasteiger partial charge in [0.15, 0.2) is 0 Å². The molecule has 2 heterocycles. The molecular weight excluding hydrogens is 250 g/mol. The van der Waals surface area contributed by atoms with E-state index in [0.717, 1.165) is 36.2 Å². The van der Waals surface area contributed by atoms with Crippen molar-refractivity contribution in [2.24, 2.45) is 0 Å².